The van der Waals surface area contributed by atoms with E-state index in [4.69, 9.17) is 10.8 Å². The largest absolute Gasteiger partial charge is 0.396 e. The molecule has 3 atom stereocenters. The van der Waals surface area contributed by atoms with Gasteiger partial charge in [-0.1, -0.05) is 20.3 Å². The lowest BCUT2D eigenvalue weighted by molar-refractivity contribution is -0.132. The van der Waals surface area contributed by atoms with Crippen LogP contribution in [0.15, 0.2) is 0 Å². The highest BCUT2D eigenvalue weighted by Crippen LogP contribution is 2.21. The molecule has 16 heavy (non-hydrogen) atoms. The van der Waals surface area contributed by atoms with Gasteiger partial charge in [0.25, 0.3) is 0 Å². The summed E-state index contributed by atoms with van der Waals surface area (Å²) >= 11 is 0. The number of amides is 1. The van der Waals surface area contributed by atoms with Gasteiger partial charge in [0.05, 0.1) is 6.04 Å². The van der Waals surface area contributed by atoms with Crippen molar-refractivity contribution in [2.24, 2.45) is 17.6 Å². The molecule has 0 aromatic carbocycles. The average Bonchev–Trinajstić information content (AvgIpc) is 2.75. The first-order valence-corrected chi connectivity index (χ1v) is 6.25. The Kier molecular flexibility index (Phi) is 5.22. The zero-order valence-electron chi connectivity index (χ0n) is 10.4. The van der Waals surface area contributed by atoms with Gasteiger partial charge in [-0.2, -0.15) is 0 Å². The lowest BCUT2D eigenvalue weighted by atomic mass is 9.99. The van der Waals surface area contributed by atoms with Crippen LogP contribution >= 0.6 is 0 Å². The third-order valence-electron chi connectivity index (χ3n) is 3.68. The van der Waals surface area contributed by atoms with Gasteiger partial charge in [0.1, 0.15) is 0 Å². The Morgan fingerprint density at radius 3 is 2.88 bits per heavy atom. The molecule has 1 fully saturated rings. The molecule has 1 aliphatic rings. The van der Waals surface area contributed by atoms with E-state index in [9.17, 15) is 4.79 Å². The van der Waals surface area contributed by atoms with Crippen LogP contribution in [0.3, 0.4) is 0 Å². The van der Waals surface area contributed by atoms with Crippen molar-refractivity contribution in [3.63, 3.8) is 0 Å². The Balaban J connectivity index is 2.44. The second kappa shape index (κ2) is 6.21. The molecule has 1 rings (SSSR count). The van der Waals surface area contributed by atoms with Crippen LogP contribution in [-0.2, 0) is 4.79 Å². The standard InChI is InChI=1S/C12H24N2O2/c1-3-9(2)11(13)12(16)14-6-4-10(8-14)5-7-15/h9-11,15H,3-8,13H2,1-2H3/t9-,10?,11-/m0/s1. The monoisotopic (exact) mass is 228 g/mol. The summed E-state index contributed by atoms with van der Waals surface area (Å²) in [4.78, 5) is 13.9. The number of hydrogen-bond donors (Lipinski definition) is 2. The molecule has 94 valence electrons. The van der Waals surface area contributed by atoms with E-state index in [0.717, 1.165) is 32.4 Å². The number of aliphatic hydroxyl groups excluding tert-OH is 1. The molecule has 0 spiro atoms. The maximum Gasteiger partial charge on any atom is 0.239 e. The van der Waals surface area contributed by atoms with E-state index >= 15 is 0 Å². The Labute approximate surface area is 97.8 Å². The van der Waals surface area contributed by atoms with Crippen LogP contribution < -0.4 is 5.73 Å². The zero-order valence-corrected chi connectivity index (χ0v) is 10.4. The van der Waals surface area contributed by atoms with Crippen molar-refractivity contribution in [3.05, 3.63) is 0 Å². The van der Waals surface area contributed by atoms with E-state index in [1.807, 2.05) is 11.8 Å². The summed E-state index contributed by atoms with van der Waals surface area (Å²) in [6.45, 7) is 5.85. The number of nitrogens with zero attached hydrogens (tertiary/aromatic N) is 1. The number of hydrogen-bond acceptors (Lipinski definition) is 3. The van der Waals surface area contributed by atoms with Crippen molar-refractivity contribution in [2.45, 2.75) is 39.2 Å². The van der Waals surface area contributed by atoms with Gasteiger partial charge in [-0.05, 0) is 24.7 Å². The predicted molar refractivity (Wildman–Crippen MR) is 63.8 cm³/mol. The topological polar surface area (TPSA) is 66.6 Å². The quantitative estimate of drug-likeness (QED) is 0.724. The fraction of sp³-hybridized carbons (Fsp3) is 0.917. The second-order valence-corrected chi connectivity index (χ2v) is 4.86. The number of carbonyl (C=O) groups is 1. The normalized spacial score (nSPS) is 24.5. The van der Waals surface area contributed by atoms with Crippen LogP contribution in [0, 0.1) is 11.8 Å². The number of likely N-dealkylation sites (tertiary alicyclic amines) is 1. The number of carbonyl (C=O) groups excluding carboxylic acids is 1. The fourth-order valence-electron chi connectivity index (χ4n) is 2.16. The fourth-order valence-corrected chi connectivity index (χ4v) is 2.16. The molecule has 4 heteroatoms. The molecular weight excluding hydrogens is 204 g/mol. The maximum atomic E-state index is 12.0. The molecule has 1 unspecified atom stereocenters. The average molecular weight is 228 g/mol. The lowest BCUT2D eigenvalue weighted by Crippen LogP contribution is -2.46. The van der Waals surface area contributed by atoms with Crippen molar-refractivity contribution in [1.29, 1.82) is 0 Å². The first-order chi connectivity index (χ1) is 7.60. The van der Waals surface area contributed by atoms with Crippen LogP contribution in [0.25, 0.3) is 0 Å². The Hall–Kier alpha value is -0.610. The van der Waals surface area contributed by atoms with Crippen molar-refractivity contribution in [3.8, 4) is 0 Å². The molecule has 1 amide bonds. The summed E-state index contributed by atoms with van der Waals surface area (Å²) in [5.74, 6) is 0.775. The number of aliphatic hydroxyl groups is 1. The molecule has 4 nitrogen and oxygen atoms in total. The summed E-state index contributed by atoms with van der Waals surface area (Å²) in [6, 6.07) is -0.363. The molecule has 1 aliphatic heterocycles. The van der Waals surface area contributed by atoms with Crippen molar-refractivity contribution >= 4 is 5.91 Å². The molecule has 0 bridgehead atoms. The van der Waals surface area contributed by atoms with E-state index in [0.29, 0.717) is 5.92 Å². The molecule has 3 N–H and O–H groups in total. The zero-order chi connectivity index (χ0) is 12.1. The minimum atomic E-state index is -0.363. The summed E-state index contributed by atoms with van der Waals surface area (Å²) in [5.41, 5.74) is 5.93. The third-order valence-corrected chi connectivity index (χ3v) is 3.68. The molecule has 0 radical (unpaired) electrons. The number of nitrogens with two attached hydrogens (primary N) is 1. The lowest BCUT2D eigenvalue weighted by Gasteiger charge is -2.24. The van der Waals surface area contributed by atoms with Gasteiger partial charge in [-0.15, -0.1) is 0 Å². The van der Waals surface area contributed by atoms with Crippen LogP contribution in [-0.4, -0.2) is 41.7 Å². The summed E-state index contributed by atoms with van der Waals surface area (Å²) in [6.07, 6.45) is 2.72. The first-order valence-electron chi connectivity index (χ1n) is 6.25. The number of rotatable bonds is 5. The van der Waals surface area contributed by atoms with Crippen molar-refractivity contribution in [2.75, 3.05) is 19.7 Å². The van der Waals surface area contributed by atoms with Gasteiger partial charge in [-0.25, -0.2) is 0 Å². The van der Waals surface area contributed by atoms with Gasteiger partial charge in [-0.3, -0.25) is 4.79 Å². The molecule has 1 heterocycles. The highest BCUT2D eigenvalue weighted by Gasteiger charge is 2.30. The summed E-state index contributed by atoms with van der Waals surface area (Å²) in [5, 5.41) is 8.86. The molecule has 0 saturated carbocycles. The van der Waals surface area contributed by atoms with Gasteiger partial charge < -0.3 is 15.7 Å². The van der Waals surface area contributed by atoms with Crippen molar-refractivity contribution < 1.29 is 9.90 Å². The Morgan fingerprint density at radius 1 is 1.62 bits per heavy atom. The molecular formula is C12H24N2O2. The Bertz CT molecular complexity index is 233. The molecule has 0 aliphatic carbocycles. The van der Waals surface area contributed by atoms with Gasteiger partial charge in [0, 0.05) is 19.7 Å². The van der Waals surface area contributed by atoms with Crippen LogP contribution in [0.4, 0.5) is 0 Å². The van der Waals surface area contributed by atoms with E-state index < -0.39 is 0 Å². The van der Waals surface area contributed by atoms with Gasteiger partial charge in [0.15, 0.2) is 0 Å². The van der Waals surface area contributed by atoms with Gasteiger partial charge >= 0.3 is 0 Å². The molecule has 1 saturated heterocycles. The highest BCUT2D eigenvalue weighted by atomic mass is 16.3. The SMILES string of the molecule is CC[C@H](C)[C@H](N)C(=O)N1CCC(CCO)C1. The maximum absolute atomic E-state index is 12.0. The van der Waals surface area contributed by atoms with E-state index in [2.05, 4.69) is 6.92 Å². The van der Waals surface area contributed by atoms with E-state index in [-0.39, 0.29) is 24.5 Å². The van der Waals surface area contributed by atoms with Gasteiger partial charge in [0.2, 0.25) is 5.91 Å². The summed E-state index contributed by atoms with van der Waals surface area (Å²) < 4.78 is 0. The minimum absolute atomic E-state index is 0.0785. The van der Waals surface area contributed by atoms with Crippen LogP contribution in [0.5, 0.6) is 0 Å². The molecule has 0 aromatic rings. The third kappa shape index (κ3) is 3.19. The smallest absolute Gasteiger partial charge is 0.239 e. The predicted octanol–water partition coefficient (Wildman–Crippen LogP) is 0.591. The molecule has 0 aromatic heterocycles. The minimum Gasteiger partial charge on any atom is -0.396 e. The first kappa shape index (κ1) is 13.5. The van der Waals surface area contributed by atoms with Crippen molar-refractivity contribution in [1.82, 2.24) is 4.90 Å². The van der Waals surface area contributed by atoms with E-state index in [1.165, 1.54) is 0 Å². The van der Waals surface area contributed by atoms with E-state index in [1.54, 1.807) is 0 Å². The van der Waals surface area contributed by atoms with Crippen LogP contribution in [0.1, 0.15) is 33.1 Å². The van der Waals surface area contributed by atoms with Crippen LogP contribution in [0.2, 0.25) is 0 Å². The summed E-state index contributed by atoms with van der Waals surface area (Å²) in [7, 11) is 0. The Morgan fingerprint density at radius 2 is 2.31 bits per heavy atom. The highest BCUT2D eigenvalue weighted by molar-refractivity contribution is 5.82. The second-order valence-electron chi connectivity index (χ2n) is 4.86.